The van der Waals surface area contributed by atoms with E-state index in [0.717, 1.165) is 11.1 Å². The highest BCUT2D eigenvalue weighted by Gasteiger charge is 2.08. The summed E-state index contributed by atoms with van der Waals surface area (Å²) in [6.45, 7) is 0. The molecule has 0 aliphatic heterocycles. The van der Waals surface area contributed by atoms with Crippen molar-refractivity contribution < 1.29 is 4.74 Å². The van der Waals surface area contributed by atoms with Crippen LogP contribution >= 0.6 is 0 Å². The van der Waals surface area contributed by atoms with E-state index in [0.29, 0.717) is 11.6 Å². The second-order valence-corrected chi connectivity index (χ2v) is 3.27. The molecule has 0 spiro atoms. The first-order valence-electron chi connectivity index (χ1n) is 4.73. The number of anilines is 2. The Morgan fingerprint density at radius 3 is 2.44 bits per heavy atom. The summed E-state index contributed by atoms with van der Waals surface area (Å²) in [7, 11) is 1.54. The van der Waals surface area contributed by atoms with Crippen molar-refractivity contribution in [2.45, 2.75) is 0 Å². The lowest BCUT2D eigenvalue weighted by atomic mass is 10.1. The van der Waals surface area contributed by atoms with Crippen LogP contribution in [-0.4, -0.2) is 17.1 Å². The molecule has 0 amide bonds. The average Bonchev–Trinajstić information content (AvgIpc) is 2.30. The van der Waals surface area contributed by atoms with E-state index in [1.54, 1.807) is 13.3 Å². The maximum atomic E-state index is 5.62. The van der Waals surface area contributed by atoms with Crippen LogP contribution in [0.25, 0.3) is 11.1 Å². The van der Waals surface area contributed by atoms with Crippen LogP contribution in [0.15, 0.2) is 30.5 Å². The summed E-state index contributed by atoms with van der Waals surface area (Å²) in [4.78, 5) is 7.95. The largest absolute Gasteiger partial charge is 0.480 e. The molecule has 1 aromatic heterocycles. The van der Waals surface area contributed by atoms with Crippen LogP contribution in [-0.2, 0) is 0 Å². The van der Waals surface area contributed by atoms with Gasteiger partial charge in [0.2, 0.25) is 11.8 Å². The van der Waals surface area contributed by atoms with Crippen molar-refractivity contribution in [3.05, 3.63) is 30.5 Å². The van der Waals surface area contributed by atoms with E-state index in [-0.39, 0.29) is 5.95 Å². The molecule has 82 valence electrons. The summed E-state index contributed by atoms with van der Waals surface area (Å²) in [5, 5.41) is 0. The van der Waals surface area contributed by atoms with Crippen molar-refractivity contribution in [2.24, 2.45) is 0 Å². The summed E-state index contributed by atoms with van der Waals surface area (Å²) in [5.74, 6) is 0.647. The zero-order chi connectivity index (χ0) is 11.5. The van der Waals surface area contributed by atoms with Gasteiger partial charge in [0.15, 0.2) is 0 Å². The van der Waals surface area contributed by atoms with E-state index in [9.17, 15) is 0 Å². The molecule has 1 aromatic carbocycles. The Morgan fingerprint density at radius 1 is 1.12 bits per heavy atom. The number of nitrogens with two attached hydrogens (primary N) is 2. The van der Waals surface area contributed by atoms with Crippen LogP contribution in [0, 0.1) is 0 Å². The molecule has 0 bridgehead atoms. The van der Waals surface area contributed by atoms with Crippen LogP contribution in [0.1, 0.15) is 0 Å². The molecular formula is C11H12N4O. The number of rotatable bonds is 2. The van der Waals surface area contributed by atoms with Gasteiger partial charge in [-0.3, -0.25) is 0 Å². The number of ether oxygens (including phenoxy) is 1. The fourth-order valence-corrected chi connectivity index (χ4v) is 1.40. The fraction of sp³-hybridized carbons (Fsp3) is 0.0909. The van der Waals surface area contributed by atoms with Crippen molar-refractivity contribution >= 4 is 11.6 Å². The second-order valence-electron chi connectivity index (χ2n) is 3.27. The monoisotopic (exact) mass is 216 g/mol. The zero-order valence-electron chi connectivity index (χ0n) is 8.84. The summed E-state index contributed by atoms with van der Waals surface area (Å²) in [6.07, 6.45) is 1.63. The first kappa shape index (κ1) is 10.2. The lowest BCUT2D eigenvalue weighted by Gasteiger charge is -2.07. The number of hydrogen-bond acceptors (Lipinski definition) is 5. The predicted octanol–water partition coefficient (Wildman–Crippen LogP) is 1.32. The van der Waals surface area contributed by atoms with Gasteiger partial charge < -0.3 is 16.2 Å². The molecule has 0 radical (unpaired) electrons. The second kappa shape index (κ2) is 4.06. The fourth-order valence-electron chi connectivity index (χ4n) is 1.40. The molecule has 0 saturated carbocycles. The Bertz CT molecular complexity index is 496. The van der Waals surface area contributed by atoms with Crippen LogP contribution in [0.5, 0.6) is 5.88 Å². The molecule has 5 heteroatoms. The van der Waals surface area contributed by atoms with Crippen molar-refractivity contribution in [1.82, 2.24) is 9.97 Å². The third-order valence-electron chi connectivity index (χ3n) is 2.19. The highest BCUT2D eigenvalue weighted by molar-refractivity contribution is 5.69. The van der Waals surface area contributed by atoms with Gasteiger partial charge in [-0.2, -0.15) is 4.98 Å². The third-order valence-corrected chi connectivity index (χ3v) is 2.19. The van der Waals surface area contributed by atoms with Gasteiger partial charge in [0.05, 0.1) is 12.7 Å². The highest BCUT2D eigenvalue weighted by Crippen LogP contribution is 2.28. The smallest absolute Gasteiger partial charge is 0.225 e. The van der Waals surface area contributed by atoms with E-state index in [1.807, 2.05) is 24.3 Å². The van der Waals surface area contributed by atoms with E-state index in [2.05, 4.69) is 9.97 Å². The number of benzene rings is 1. The Hall–Kier alpha value is -2.30. The minimum Gasteiger partial charge on any atom is -0.480 e. The summed E-state index contributed by atoms with van der Waals surface area (Å²) < 4.78 is 5.15. The van der Waals surface area contributed by atoms with Gasteiger partial charge in [0.25, 0.3) is 0 Å². The van der Waals surface area contributed by atoms with Gasteiger partial charge in [0, 0.05) is 11.9 Å². The van der Waals surface area contributed by atoms with Gasteiger partial charge in [-0.15, -0.1) is 0 Å². The van der Waals surface area contributed by atoms with Gasteiger partial charge >= 0.3 is 0 Å². The van der Waals surface area contributed by atoms with Crippen molar-refractivity contribution in [3.63, 3.8) is 0 Å². The molecule has 0 saturated heterocycles. The molecule has 16 heavy (non-hydrogen) atoms. The Labute approximate surface area is 93.1 Å². The lowest BCUT2D eigenvalue weighted by molar-refractivity contribution is 0.399. The maximum absolute atomic E-state index is 5.62. The topological polar surface area (TPSA) is 87.0 Å². The molecule has 2 rings (SSSR count). The summed E-state index contributed by atoms with van der Waals surface area (Å²) in [5.41, 5.74) is 13.5. The Kier molecular flexibility index (Phi) is 2.59. The number of aromatic nitrogens is 2. The van der Waals surface area contributed by atoms with Crippen LogP contribution in [0.4, 0.5) is 11.6 Å². The predicted molar refractivity (Wildman–Crippen MR) is 62.8 cm³/mol. The SMILES string of the molecule is COc1nc(N)ncc1-c1ccc(N)cc1. The standard InChI is InChI=1S/C11H12N4O/c1-16-10-9(6-14-11(13)15-10)7-2-4-8(12)5-3-7/h2-6H,12H2,1H3,(H2,13,14,15). The number of nitrogen functional groups attached to an aromatic ring is 2. The molecule has 0 atom stereocenters. The molecular weight excluding hydrogens is 204 g/mol. The van der Waals surface area contributed by atoms with Gasteiger partial charge in [-0.05, 0) is 17.7 Å². The normalized spacial score (nSPS) is 10.1. The summed E-state index contributed by atoms with van der Waals surface area (Å²) in [6, 6.07) is 7.38. The minimum absolute atomic E-state index is 0.191. The lowest BCUT2D eigenvalue weighted by Crippen LogP contribution is -1.99. The molecule has 2 aromatic rings. The van der Waals surface area contributed by atoms with Crippen molar-refractivity contribution in [2.75, 3.05) is 18.6 Å². The molecule has 5 nitrogen and oxygen atoms in total. The molecule has 4 N–H and O–H groups in total. The quantitative estimate of drug-likeness (QED) is 0.739. The average molecular weight is 216 g/mol. The van der Waals surface area contributed by atoms with E-state index in [1.165, 1.54) is 0 Å². The first-order valence-corrected chi connectivity index (χ1v) is 4.73. The summed E-state index contributed by atoms with van der Waals surface area (Å²) >= 11 is 0. The Morgan fingerprint density at radius 2 is 1.81 bits per heavy atom. The van der Waals surface area contributed by atoms with E-state index < -0.39 is 0 Å². The van der Waals surface area contributed by atoms with E-state index in [4.69, 9.17) is 16.2 Å². The third kappa shape index (κ3) is 1.88. The molecule has 1 heterocycles. The molecule has 0 aliphatic rings. The van der Waals surface area contributed by atoms with Crippen LogP contribution in [0.3, 0.4) is 0 Å². The van der Waals surface area contributed by atoms with Gasteiger partial charge in [-0.25, -0.2) is 4.98 Å². The van der Waals surface area contributed by atoms with Crippen LogP contribution in [0.2, 0.25) is 0 Å². The van der Waals surface area contributed by atoms with Gasteiger partial charge in [0.1, 0.15) is 0 Å². The maximum Gasteiger partial charge on any atom is 0.225 e. The van der Waals surface area contributed by atoms with Gasteiger partial charge in [-0.1, -0.05) is 12.1 Å². The highest BCUT2D eigenvalue weighted by atomic mass is 16.5. The molecule has 0 unspecified atom stereocenters. The van der Waals surface area contributed by atoms with Crippen LogP contribution < -0.4 is 16.2 Å². The molecule has 0 aliphatic carbocycles. The number of hydrogen-bond donors (Lipinski definition) is 2. The number of nitrogens with zero attached hydrogens (tertiary/aromatic N) is 2. The van der Waals surface area contributed by atoms with E-state index >= 15 is 0 Å². The molecule has 0 fully saturated rings. The number of methoxy groups -OCH3 is 1. The minimum atomic E-state index is 0.191. The Balaban J connectivity index is 2.51. The zero-order valence-corrected chi connectivity index (χ0v) is 8.84. The first-order chi connectivity index (χ1) is 7.70. The van der Waals surface area contributed by atoms with Crippen molar-refractivity contribution in [1.29, 1.82) is 0 Å². The van der Waals surface area contributed by atoms with Crippen molar-refractivity contribution in [3.8, 4) is 17.0 Å².